The van der Waals surface area contributed by atoms with Crippen molar-refractivity contribution in [3.05, 3.63) is 88.9 Å². The summed E-state index contributed by atoms with van der Waals surface area (Å²) in [6.45, 7) is 0.887. The number of halogens is 1. The number of fused-ring (bicyclic) bond motifs is 1. The number of anilines is 1. The lowest BCUT2D eigenvalue weighted by Gasteiger charge is -2.21. The van der Waals surface area contributed by atoms with E-state index in [0.717, 1.165) is 5.56 Å². The Bertz CT molecular complexity index is 1070. The standard InChI is InChI=1S/C24H21ClN2O4/c25-18-13-21-22(31-12-11-30-21)14-20(18)26-23(28)15-19(16-7-3-1-4-8-16)27-24(29)17-9-5-2-6-10-17/h1-10,13-14,19H,11-12,15H2,(H,26,28)(H,27,29). The minimum Gasteiger partial charge on any atom is -0.486 e. The van der Waals surface area contributed by atoms with Gasteiger partial charge in [0.2, 0.25) is 5.91 Å². The molecule has 31 heavy (non-hydrogen) atoms. The van der Waals surface area contributed by atoms with Crippen LogP contribution in [0.1, 0.15) is 28.4 Å². The summed E-state index contributed by atoms with van der Waals surface area (Å²) in [5.74, 6) is 0.537. The second-order valence-electron chi connectivity index (χ2n) is 7.03. The summed E-state index contributed by atoms with van der Waals surface area (Å²) >= 11 is 6.30. The summed E-state index contributed by atoms with van der Waals surface area (Å²) in [4.78, 5) is 25.5. The number of ether oxygens (including phenoxy) is 2. The van der Waals surface area contributed by atoms with Gasteiger partial charge in [-0.1, -0.05) is 60.1 Å². The summed E-state index contributed by atoms with van der Waals surface area (Å²) in [6, 6.07) is 21.0. The summed E-state index contributed by atoms with van der Waals surface area (Å²) in [5, 5.41) is 6.12. The highest BCUT2D eigenvalue weighted by Crippen LogP contribution is 2.38. The van der Waals surface area contributed by atoms with E-state index in [2.05, 4.69) is 10.6 Å². The number of amides is 2. The number of carbonyl (C=O) groups excluding carboxylic acids is 2. The molecule has 0 saturated carbocycles. The fraction of sp³-hybridized carbons (Fsp3) is 0.167. The molecule has 0 radical (unpaired) electrons. The van der Waals surface area contributed by atoms with Crippen molar-refractivity contribution in [2.45, 2.75) is 12.5 Å². The molecule has 1 atom stereocenters. The van der Waals surface area contributed by atoms with Gasteiger partial charge in [0.05, 0.1) is 23.2 Å². The van der Waals surface area contributed by atoms with E-state index in [4.69, 9.17) is 21.1 Å². The molecule has 0 saturated heterocycles. The Labute approximate surface area is 185 Å². The average molecular weight is 437 g/mol. The molecule has 1 aliphatic rings. The molecule has 1 aliphatic heterocycles. The zero-order chi connectivity index (χ0) is 21.6. The quantitative estimate of drug-likeness (QED) is 0.591. The average Bonchev–Trinajstić information content (AvgIpc) is 2.80. The Morgan fingerprint density at radius 1 is 0.903 bits per heavy atom. The van der Waals surface area contributed by atoms with Gasteiger partial charge in [-0.15, -0.1) is 0 Å². The molecule has 0 aliphatic carbocycles. The van der Waals surface area contributed by atoms with Crippen molar-refractivity contribution in [2.75, 3.05) is 18.5 Å². The molecular formula is C24H21ClN2O4. The molecule has 7 heteroatoms. The van der Waals surface area contributed by atoms with E-state index >= 15 is 0 Å². The molecule has 3 aromatic rings. The van der Waals surface area contributed by atoms with E-state index < -0.39 is 6.04 Å². The van der Waals surface area contributed by atoms with Crippen molar-refractivity contribution in [1.29, 1.82) is 0 Å². The van der Waals surface area contributed by atoms with E-state index in [9.17, 15) is 9.59 Å². The molecule has 2 N–H and O–H groups in total. The highest BCUT2D eigenvalue weighted by Gasteiger charge is 2.21. The van der Waals surface area contributed by atoms with Crippen LogP contribution in [0.5, 0.6) is 11.5 Å². The maximum Gasteiger partial charge on any atom is 0.251 e. The molecular weight excluding hydrogens is 416 g/mol. The number of carbonyl (C=O) groups is 2. The highest BCUT2D eigenvalue weighted by atomic mass is 35.5. The molecule has 1 heterocycles. The van der Waals surface area contributed by atoms with Crippen LogP contribution >= 0.6 is 11.6 Å². The minimum absolute atomic E-state index is 0.0351. The summed E-state index contributed by atoms with van der Waals surface area (Å²) in [5.41, 5.74) is 1.78. The van der Waals surface area contributed by atoms with Gasteiger partial charge in [-0.3, -0.25) is 9.59 Å². The van der Waals surface area contributed by atoms with Crippen LogP contribution in [0.4, 0.5) is 5.69 Å². The van der Waals surface area contributed by atoms with Gasteiger partial charge in [0.1, 0.15) is 13.2 Å². The van der Waals surface area contributed by atoms with Gasteiger partial charge in [0.25, 0.3) is 5.91 Å². The topological polar surface area (TPSA) is 76.7 Å². The molecule has 0 spiro atoms. The van der Waals surface area contributed by atoms with Crippen LogP contribution in [-0.2, 0) is 4.79 Å². The molecule has 1 unspecified atom stereocenters. The molecule has 4 rings (SSSR count). The first-order valence-corrected chi connectivity index (χ1v) is 10.3. The van der Waals surface area contributed by atoms with Crippen LogP contribution in [0.25, 0.3) is 0 Å². The summed E-state index contributed by atoms with van der Waals surface area (Å²) < 4.78 is 11.1. The van der Waals surface area contributed by atoms with Crippen molar-refractivity contribution in [3.8, 4) is 11.5 Å². The zero-order valence-electron chi connectivity index (χ0n) is 16.6. The monoisotopic (exact) mass is 436 g/mol. The predicted octanol–water partition coefficient (Wildman–Crippen LogP) is 4.61. The number of rotatable bonds is 6. The van der Waals surface area contributed by atoms with E-state index in [-0.39, 0.29) is 18.2 Å². The third kappa shape index (κ3) is 5.16. The Kier molecular flexibility index (Phi) is 6.38. The first-order chi connectivity index (χ1) is 15.1. The van der Waals surface area contributed by atoms with Gasteiger partial charge in [-0.2, -0.15) is 0 Å². The van der Waals surface area contributed by atoms with Gasteiger partial charge in [-0.25, -0.2) is 0 Å². The first-order valence-electron chi connectivity index (χ1n) is 9.90. The smallest absolute Gasteiger partial charge is 0.251 e. The predicted molar refractivity (Wildman–Crippen MR) is 119 cm³/mol. The molecule has 6 nitrogen and oxygen atoms in total. The Hall–Kier alpha value is -3.51. The largest absolute Gasteiger partial charge is 0.486 e. The SMILES string of the molecule is O=C(CC(NC(=O)c1ccccc1)c1ccccc1)Nc1cc2c(cc1Cl)OCCO2. The van der Waals surface area contributed by atoms with Crippen LogP contribution in [0.15, 0.2) is 72.8 Å². The number of hydrogen-bond acceptors (Lipinski definition) is 4. The maximum atomic E-state index is 12.8. The van der Waals surface area contributed by atoms with E-state index in [1.807, 2.05) is 36.4 Å². The Morgan fingerprint density at radius 3 is 2.19 bits per heavy atom. The molecule has 0 aromatic heterocycles. The van der Waals surface area contributed by atoms with Crippen LogP contribution < -0.4 is 20.1 Å². The van der Waals surface area contributed by atoms with Gasteiger partial charge in [0, 0.05) is 17.7 Å². The molecule has 158 valence electrons. The van der Waals surface area contributed by atoms with Crippen molar-refractivity contribution >= 4 is 29.1 Å². The molecule has 2 amide bonds. The van der Waals surface area contributed by atoms with E-state index in [0.29, 0.717) is 41.0 Å². The Morgan fingerprint density at radius 2 is 1.52 bits per heavy atom. The van der Waals surface area contributed by atoms with Gasteiger partial charge >= 0.3 is 0 Å². The second kappa shape index (κ2) is 9.53. The lowest BCUT2D eigenvalue weighted by atomic mass is 10.0. The fourth-order valence-corrected chi connectivity index (χ4v) is 3.52. The van der Waals surface area contributed by atoms with Crippen molar-refractivity contribution in [2.24, 2.45) is 0 Å². The van der Waals surface area contributed by atoms with Crippen molar-refractivity contribution < 1.29 is 19.1 Å². The molecule has 0 bridgehead atoms. The number of hydrogen-bond donors (Lipinski definition) is 2. The summed E-state index contributed by atoms with van der Waals surface area (Å²) in [6.07, 6.45) is 0.0351. The van der Waals surface area contributed by atoms with Crippen molar-refractivity contribution in [3.63, 3.8) is 0 Å². The normalized spacial score (nSPS) is 13.2. The minimum atomic E-state index is -0.509. The molecule has 0 fully saturated rings. The van der Waals surface area contributed by atoms with Gasteiger partial charge < -0.3 is 20.1 Å². The third-order valence-corrected chi connectivity index (χ3v) is 5.15. The number of nitrogens with one attached hydrogen (secondary N) is 2. The summed E-state index contributed by atoms with van der Waals surface area (Å²) in [7, 11) is 0. The first kappa shape index (κ1) is 20.8. The Balaban J connectivity index is 1.50. The van der Waals surface area contributed by atoms with Gasteiger partial charge in [-0.05, 0) is 17.7 Å². The lowest BCUT2D eigenvalue weighted by molar-refractivity contribution is -0.116. The van der Waals surface area contributed by atoms with Crippen LogP contribution in [0, 0.1) is 0 Å². The highest BCUT2D eigenvalue weighted by molar-refractivity contribution is 6.34. The maximum absolute atomic E-state index is 12.8. The van der Waals surface area contributed by atoms with E-state index in [1.54, 1.807) is 36.4 Å². The second-order valence-corrected chi connectivity index (χ2v) is 7.44. The van der Waals surface area contributed by atoms with Crippen LogP contribution in [-0.4, -0.2) is 25.0 Å². The van der Waals surface area contributed by atoms with Crippen LogP contribution in [0.2, 0.25) is 5.02 Å². The number of benzene rings is 3. The van der Waals surface area contributed by atoms with Crippen LogP contribution in [0.3, 0.4) is 0 Å². The molecule has 3 aromatic carbocycles. The fourth-order valence-electron chi connectivity index (χ4n) is 3.32. The lowest BCUT2D eigenvalue weighted by Crippen LogP contribution is -2.31. The van der Waals surface area contributed by atoms with Gasteiger partial charge in [0.15, 0.2) is 11.5 Å². The van der Waals surface area contributed by atoms with Crippen molar-refractivity contribution in [1.82, 2.24) is 5.32 Å². The zero-order valence-corrected chi connectivity index (χ0v) is 17.4. The third-order valence-electron chi connectivity index (χ3n) is 4.84. The van der Waals surface area contributed by atoms with E-state index in [1.165, 1.54) is 0 Å².